The summed E-state index contributed by atoms with van der Waals surface area (Å²) in [5.41, 5.74) is 0.128. The number of benzene rings is 2. The zero-order valence-electron chi connectivity index (χ0n) is 14.3. The molecule has 2 aromatic carbocycles. The third-order valence-electron chi connectivity index (χ3n) is 3.95. The molecule has 7 heteroatoms. The number of nitrogens with zero attached hydrogens (tertiary/aromatic N) is 1. The standard InChI is InChI=1S/C19H19N3O4/c1-2-22-16-9-8-13(12-15(16)21-18(24)19(22)25)17(23)20-10-11-26-14-6-4-3-5-7-14/h3-9,12H,2,10-11H2,1H3,(H,20,23)(H,21,24). The van der Waals surface area contributed by atoms with Gasteiger partial charge in [-0.1, -0.05) is 18.2 Å². The van der Waals surface area contributed by atoms with Crippen LogP contribution in [0.25, 0.3) is 11.0 Å². The van der Waals surface area contributed by atoms with Gasteiger partial charge >= 0.3 is 11.1 Å². The number of hydrogen-bond donors (Lipinski definition) is 2. The van der Waals surface area contributed by atoms with Gasteiger partial charge < -0.3 is 19.6 Å². The van der Waals surface area contributed by atoms with Gasteiger partial charge in [0.05, 0.1) is 17.6 Å². The predicted octanol–water partition coefficient (Wildman–Crippen LogP) is 1.52. The first-order valence-corrected chi connectivity index (χ1v) is 8.33. The lowest BCUT2D eigenvalue weighted by Gasteiger charge is -2.10. The SMILES string of the molecule is CCn1c(=O)c(=O)[nH]c2cc(C(=O)NCCOc3ccccc3)ccc21. The number of ether oxygens (including phenoxy) is 1. The zero-order chi connectivity index (χ0) is 18.5. The lowest BCUT2D eigenvalue weighted by molar-refractivity contribution is 0.0947. The van der Waals surface area contributed by atoms with Crippen LogP contribution in [0.1, 0.15) is 17.3 Å². The number of fused-ring (bicyclic) bond motifs is 1. The van der Waals surface area contributed by atoms with Gasteiger partial charge in [0.25, 0.3) is 5.91 Å². The summed E-state index contributed by atoms with van der Waals surface area (Å²) in [7, 11) is 0. The van der Waals surface area contributed by atoms with E-state index in [9.17, 15) is 14.4 Å². The summed E-state index contributed by atoms with van der Waals surface area (Å²) in [6.45, 7) is 2.85. The lowest BCUT2D eigenvalue weighted by atomic mass is 10.1. The van der Waals surface area contributed by atoms with Gasteiger partial charge in [0.15, 0.2) is 0 Å². The Morgan fingerprint density at radius 2 is 1.92 bits per heavy atom. The molecule has 26 heavy (non-hydrogen) atoms. The Kier molecular flexibility index (Phi) is 5.17. The lowest BCUT2D eigenvalue weighted by Crippen LogP contribution is -2.36. The van der Waals surface area contributed by atoms with Crippen LogP contribution in [0.4, 0.5) is 0 Å². The summed E-state index contributed by atoms with van der Waals surface area (Å²) in [5.74, 6) is 0.459. The van der Waals surface area contributed by atoms with Gasteiger partial charge in [-0.2, -0.15) is 0 Å². The first-order chi connectivity index (χ1) is 12.6. The van der Waals surface area contributed by atoms with Crippen molar-refractivity contribution in [2.24, 2.45) is 0 Å². The molecule has 0 unspecified atom stereocenters. The molecule has 0 saturated carbocycles. The number of amides is 1. The maximum absolute atomic E-state index is 12.3. The highest BCUT2D eigenvalue weighted by atomic mass is 16.5. The number of H-pyrrole nitrogens is 1. The minimum absolute atomic E-state index is 0.279. The van der Waals surface area contributed by atoms with Gasteiger partial charge in [0.1, 0.15) is 12.4 Å². The van der Waals surface area contributed by atoms with Crippen molar-refractivity contribution >= 4 is 16.9 Å². The van der Waals surface area contributed by atoms with E-state index in [1.54, 1.807) is 25.1 Å². The van der Waals surface area contributed by atoms with E-state index in [-0.39, 0.29) is 5.91 Å². The number of carbonyl (C=O) groups is 1. The number of aromatic amines is 1. The van der Waals surface area contributed by atoms with Crippen LogP contribution >= 0.6 is 0 Å². The average Bonchev–Trinajstić information content (AvgIpc) is 2.66. The molecule has 0 spiro atoms. The largest absolute Gasteiger partial charge is 0.492 e. The van der Waals surface area contributed by atoms with E-state index in [2.05, 4.69) is 10.3 Å². The van der Waals surface area contributed by atoms with E-state index >= 15 is 0 Å². The minimum atomic E-state index is -0.701. The van der Waals surface area contributed by atoms with Crippen LogP contribution in [-0.2, 0) is 6.54 Å². The number of aryl methyl sites for hydroxylation is 1. The summed E-state index contributed by atoms with van der Waals surface area (Å²) >= 11 is 0. The molecule has 2 N–H and O–H groups in total. The third-order valence-corrected chi connectivity index (χ3v) is 3.95. The molecular weight excluding hydrogens is 334 g/mol. The molecule has 0 aliphatic heterocycles. The summed E-state index contributed by atoms with van der Waals surface area (Å²) in [6.07, 6.45) is 0. The van der Waals surface area contributed by atoms with Crippen molar-refractivity contribution in [1.29, 1.82) is 0 Å². The van der Waals surface area contributed by atoms with Crippen molar-refractivity contribution in [3.05, 3.63) is 74.8 Å². The van der Waals surface area contributed by atoms with Crippen LogP contribution in [0.2, 0.25) is 0 Å². The third kappa shape index (κ3) is 3.66. The topological polar surface area (TPSA) is 93.2 Å². The van der Waals surface area contributed by atoms with Crippen LogP contribution in [0.15, 0.2) is 58.1 Å². The van der Waals surface area contributed by atoms with Gasteiger partial charge in [-0.25, -0.2) is 0 Å². The minimum Gasteiger partial charge on any atom is -0.492 e. The molecule has 0 atom stereocenters. The molecule has 0 radical (unpaired) electrons. The highest BCUT2D eigenvalue weighted by molar-refractivity contribution is 5.97. The molecule has 134 valence electrons. The molecule has 0 aliphatic carbocycles. The fraction of sp³-hybridized carbons (Fsp3) is 0.211. The van der Waals surface area contributed by atoms with Crippen molar-refractivity contribution in [2.75, 3.05) is 13.2 Å². The maximum atomic E-state index is 12.3. The van der Waals surface area contributed by atoms with Crippen molar-refractivity contribution in [1.82, 2.24) is 14.9 Å². The Hall–Kier alpha value is -3.35. The number of rotatable bonds is 6. The van der Waals surface area contributed by atoms with Gasteiger partial charge in [0.2, 0.25) is 0 Å². The number of carbonyl (C=O) groups excluding carboxylic acids is 1. The van der Waals surface area contributed by atoms with Crippen LogP contribution in [0.5, 0.6) is 5.75 Å². The van der Waals surface area contributed by atoms with Crippen molar-refractivity contribution in [3.63, 3.8) is 0 Å². The van der Waals surface area contributed by atoms with E-state index in [1.807, 2.05) is 30.3 Å². The second-order valence-corrected chi connectivity index (χ2v) is 5.65. The molecule has 1 heterocycles. The monoisotopic (exact) mass is 353 g/mol. The molecular formula is C19H19N3O4. The van der Waals surface area contributed by atoms with Crippen LogP contribution in [0, 0.1) is 0 Å². The summed E-state index contributed by atoms with van der Waals surface area (Å²) in [4.78, 5) is 38.4. The Labute approximate surface area is 149 Å². The summed E-state index contributed by atoms with van der Waals surface area (Å²) < 4.78 is 6.90. The van der Waals surface area contributed by atoms with Crippen LogP contribution in [0.3, 0.4) is 0 Å². The Morgan fingerprint density at radius 3 is 2.65 bits per heavy atom. The Balaban J connectivity index is 1.69. The number of para-hydroxylation sites is 1. The van der Waals surface area contributed by atoms with Crippen molar-refractivity contribution in [3.8, 4) is 5.75 Å². The molecule has 0 bridgehead atoms. The molecule has 0 fully saturated rings. The molecule has 0 saturated heterocycles. The van der Waals surface area contributed by atoms with E-state index in [4.69, 9.17) is 4.74 Å². The van der Waals surface area contributed by atoms with Crippen LogP contribution in [-0.4, -0.2) is 28.6 Å². The van der Waals surface area contributed by atoms with Crippen molar-refractivity contribution in [2.45, 2.75) is 13.5 Å². The highest BCUT2D eigenvalue weighted by Crippen LogP contribution is 2.12. The van der Waals surface area contributed by atoms with Gasteiger partial charge in [-0.3, -0.25) is 14.4 Å². The van der Waals surface area contributed by atoms with E-state index < -0.39 is 11.1 Å². The average molecular weight is 353 g/mol. The fourth-order valence-electron chi connectivity index (χ4n) is 2.69. The smallest absolute Gasteiger partial charge is 0.316 e. The number of aromatic nitrogens is 2. The highest BCUT2D eigenvalue weighted by Gasteiger charge is 2.10. The van der Waals surface area contributed by atoms with Gasteiger partial charge in [-0.15, -0.1) is 0 Å². The predicted molar refractivity (Wildman–Crippen MR) is 98.8 cm³/mol. The molecule has 3 aromatic rings. The van der Waals surface area contributed by atoms with Crippen molar-refractivity contribution < 1.29 is 9.53 Å². The first kappa shape index (κ1) is 17.5. The molecule has 1 amide bonds. The maximum Gasteiger partial charge on any atom is 0.316 e. The van der Waals surface area contributed by atoms with Gasteiger partial charge in [0, 0.05) is 12.1 Å². The molecule has 7 nitrogen and oxygen atoms in total. The Morgan fingerprint density at radius 1 is 1.15 bits per heavy atom. The summed E-state index contributed by atoms with van der Waals surface area (Å²) in [5, 5.41) is 2.76. The normalized spacial score (nSPS) is 10.7. The molecule has 3 rings (SSSR count). The number of nitrogens with one attached hydrogen (secondary N) is 2. The first-order valence-electron chi connectivity index (χ1n) is 8.33. The molecule has 0 aliphatic rings. The second kappa shape index (κ2) is 7.69. The number of hydrogen-bond acceptors (Lipinski definition) is 4. The van der Waals surface area contributed by atoms with Crippen LogP contribution < -0.4 is 21.2 Å². The second-order valence-electron chi connectivity index (χ2n) is 5.65. The van der Waals surface area contributed by atoms with E-state index in [0.29, 0.717) is 36.3 Å². The van der Waals surface area contributed by atoms with E-state index in [0.717, 1.165) is 5.75 Å². The molecule has 1 aromatic heterocycles. The quantitative estimate of drug-likeness (QED) is 0.519. The van der Waals surface area contributed by atoms with Gasteiger partial charge in [-0.05, 0) is 37.3 Å². The zero-order valence-corrected chi connectivity index (χ0v) is 14.3. The Bertz CT molecular complexity index is 1040. The fourth-order valence-corrected chi connectivity index (χ4v) is 2.69. The summed E-state index contributed by atoms with van der Waals surface area (Å²) in [6, 6.07) is 14.2. The van der Waals surface area contributed by atoms with E-state index in [1.165, 1.54) is 4.57 Å².